The van der Waals surface area contributed by atoms with Crippen molar-refractivity contribution in [2.75, 3.05) is 23.9 Å². The van der Waals surface area contributed by atoms with Gasteiger partial charge in [-0.25, -0.2) is 9.97 Å². The van der Waals surface area contributed by atoms with E-state index in [1.54, 1.807) is 0 Å². The number of hydrogen-bond donors (Lipinski definition) is 0. The van der Waals surface area contributed by atoms with Gasteiger partial charge in [0.05, 0.1) is 0 Å². The van der Waals surface area contributed by atoms with Gasteiger partial charge in [0, 0.05) is 43.5 Å². The smallest absolute Gasteiger partial charge is 0.143 e. The summed E-state index contributed by atoms with van der Waals surface area (Å²) in [6.45, 7) is 17.5. The number of allylic oxidation sites excluding steroid dienone is 2. The van der Waals surface area contributed by atoms with E-state index in [-0.39, 0.29) is 12.3 Å². The lowest BCUT2D eigenvalue weighted by atomic mass is 10.1. The summed E-state index contributed by atoms with van der Waals surface area (Å²) in [5, 5.41) is 0. The molecule has 28 heavy (non-hydrogen) atoms. The molecule has 0 unspecified atom stereocenters. The van der Waals surface area contributed by atoms with Gasteiger partial charge in [-0.3, -0.25) is 0 Å². The highest BCUT2D eigenvalue weighted by atomic mass is 15.4. The number of aromatic nitrogens is 2. The minimum absolute atomic E-state index is 0.235. The molecular formula is C22H36N6. The molecule has 0 aromatic carbocycles. The van der Waals surface area contributed by atoms with Crippen molar-refractivity contribution in [3.8, 4) is 0 Å². The molecule has 2 aliphatic heterocycles. The fourth-order valence-electron chi connectivity index (χ4n) is 4.18. The third-order valence-corrected chi connectivity index (χ3v) is 6.16. The van der Waals surface area contributed by atoms with Crippen molar-refractivity contribution in [1.29, 1.82) is 0 Å². The van der Waals surface area contributed by atoms with Crippen LogP contribution in [0.5, 0.6) is 0 Å². The summed E-state index contributed by atoms with van der Waals surface area (Å²) in [6.07, 6.45) is 4.98. The first-order valence-corrected chi connectivity index (χ1v) is 10.4. The normalized spacial score (nSPS) is 22.7. The van der Waals surface area contributed by atoms with E-state index in [0.29, 0.717) is 11.8 Å². The highest BCUT2D eigenvalue weighted by Crippen LogP contribution is 2.37. The van der Waals surface area contributed by atoms with Crippen molar-refractivity contribution in [2.24, 2.45) is 11.8 Å². The maximum Gasteiger partial charge on any atom is 0.143 e. The zero-order valence-electron chi connectivity index (χ0n) is 19.1. The van der Waals surface area contributed by atoms with Gasteiger partial charge in [-0.1, -0.05) is 27.7 Å². The Bertz CT molecular complexity index is 746. The molecule has 0 fully saturated rings. The van der Waals surface area contributed by atoms with E-state index in [2.05, 4.69) is 94.6 Å². The van der Waals surface area contributed by atoms with Crippen molar-refractivity contribution < 1.29 is 0 Å². The molecule has 2 atom stereocenters. The van der Waals surface area contributed by atoms with Crippen molar-refractivity contribution in [1.82, 2.24) is 19.8 Å². The first kappa shape index (κ1) is 20.5. The maximum atomic E-state index is 4.85. The molecule has 0 saturated carbocycles. The lowest BCUT2D eigenvalue weighted by Gasteiger charge is -2.32. The molecule has 2 aliphatic rings. The van der Waals surface area contributed by atoms with Crippen molar-refractivity contribution in [2.45, 2.75) is 67.7 Å². The number of aryl methyl sites for hydroxylation is 1. The second-order valence-electron chi connectivity index (χ2n) is 8.76. The van der Waals surface area contributed by atoms with E-state index >= 15 is 0 Å². The highest BCUT2D eigenvalue weighted by molar-refractivity contribution is 5.64. The van der Waals surface area contributed by atoms with Gasteiger partial charge >= 0.3 is 0 Å². The van der Waals surface area contributed by atoms with Gasteiger partial charge < -0.3 is 19.6 Å². The van der Waals surface area contributed by atoms with Gasteiger partial charge in [0.15, 0.2) is 0 Å². The lowest BCUT2D eigenvalue weighted by molar-refractivity contribution is 0.326. The van der Waals surface area contributed by atoms with Gasteiger partial charge in [-0.2, -0.15) is 0 Å². The maximum absolute atomic E-state index is 4.85. The number of rotatable bonds is 4. The van der Waals surface area contributed by atoms with Crippen LogP contribution in [0.15, 0.2) is 23.8 Å². The SMILES string of the molecule is Cc1nc(N2C=C(C(C)C)N(C)[C@H]2C)c(C)c(N2C=C(C(C)C)N(C)[C@@H]2C)n1. The Morgan fingerprint density at radius 1 is 0.750 bits per heavy atom. The van der Waals surface area contributed by atoms with Crippen LogP contribution in [0.1, 0.15) is 52.9 Å². The molecule has 6 nitrogen and oxygen atoms in total. The fourth-order valence-corrected chi connectivity index (χ4v) is 4.18. The van der Waals surface area contributed by atoms with Crippen LogP contribution in [0.4, 0.5) is 11.6 Å². The predicted molar refractivity (Wildman–Crippen MR) is 117 cm³/mol. The molecule has 3 heterocycles. The molecule has 0 aliphatic carbocycles. The van der Waals surface area contributed by atoms with Crippen LogP contribution in [0.25, 0.3) is 0 Å². The Labute approximate surface area is 170 Å². The highest BCUT2D eigenvalue weighted by Gasteiger charge is 2.34. The molecule has 0 spiro atoms. The van der Waals surface area contributed by atoms with E-state index in [9.17, 15) is 0 Å². The minimum Gasteiger partial charge on any atom is -0.356 e. The summed E-state index contributed by atoms with van der Waals surface area (Å²) >= 11 is 0. The Hall–Kier alpha value is -2.24. The third kappa shape index (κ3) is 3.23. The monoisotopic (exact) mass is 384 g/mol. The number of anilines is 2. The Morgan fingerprint density at radius 2 is 1.11 bits per heavy atom. The molecule has 0 N–H and O–H groups in total. The quantitative estimate of drug-likeness (QED) is 0.771. The van der Waals surface area contributed by atoms with E-state index in [1.807, 2.05) is 6.92 Å². The molecule has 154 valence electrons. The molecule has 0 saturated heterocycles. The van der Waals surface area contributed by atoms with Gasteiger partial charge in [0.25, 0.3) is 0 Å². The zero-order chi connectivity index (χ0) is 20.9. The fraction of sp³-hybridized carbons (Fsp3) is 0.636. The summed E-state index contributed by atoms with van der Waals surface area (Å²) in [7, 11) is 4.33. The lowest BCUT2D eigenvalue weighted by Crippen LogP contribution is -2.38. The Balaban J connectivity index is 2.07. The van der Waals surface area contributed by atoms with Crippen LogP contribution in [-0.2, 0) is 0 Å². The molecule has 0 amide bonds. The Kier molecular flexibility index (Phi) is 5.34. The van der Waals surface area contributed by atoms with Gasteiger partial charge in [0.1, 0.15) is 29.8 Å². The third-order valence-electron chi connectivity index (χ3n) is 6.16. The predicted octanol–water partition coefficient (Wildman–Crippen LogP) is 4.28. The molecule has 0 bridgehead atoms. The van der Waals surface area contributed by atoms with E-state index in [4.69, 9.17) is 9.97 Å². The van der Waals surface area contributed by atoms with Gasteiger partial charge in [-0.05, 0) is 39.5 Å². The van der Waals surface area contributed by atoms with Crippen molar-refractivity contribution >= 4 is 11.6 Å². The van der Waals surface area contributed by atoms with E-state index < -0.39 is 0 Å². The van der Waals surface area contributed by atoms with Crippen LogP contribution < -0.4 is 9.80 Å². The second kappa shape index (κ2) is 7.30. The molecule has 0 radical (unpaired) electrons. The standard InChI is InChI=1S/C22H36N6/c1-13(2)19-11-27(17(7)25(19)9)21-15(5)22(24-16(6)23-21)28-12-20(14(3)4)26(10)18(28)8/h11-14,17-18H,1-10H3/t17-,18+. The van der Waals surface area contributed by atoms with Crippen molar-refractivity contribution in [3.05, 3.63) is 35.2 Å². The second-order valence-corrected chi connectivity index (χ2v) is 8.76. The number of hydrogen-bond acceptors (Lipinski definition) is 6. The molecule has 6 heteroatoms. The molecular weight excluding hydrogens is 348 g/mol. The average Bonchev–Trinajstić information content (AvgIpc) is 3.08. The first-order chi connectivity index (χ1) is 13.0. The largest absolute Gasteiger partial charge is 0.356 e. The van der Waals surface area contributed by atoms with Crippen LogP contribution >= 0.6 is 0 Å². The average molecular weight is 385 g/mol. The molecule has 3 rings (SSSR count). The topological polar surface area (TPSA) is 38.7 Å². The number of nitrogens with zero attached hydrogens (tertiary/aromatic N) is 6. The van der Waals surface area contributed by atoms with E-state index in [0.717, 1.165) is 23.0 Å². The first-order valence-electron chi connectivity index (χ1n) is 10.4. The summed E-state index contributed by atoms with van der Waals surface area (Å²) in [6, 6.07) is 0. The summed E-state index contributed by atoms with van der Waals surface area (Å²) in [4.78, 5) is 19.0. The van der Waals surface area contributed by atoms with Crippen LogP contribution in [-0.4, -0.2) is 46.2 Å². The molecule has 1 aromatic heterocycles. The summed E-state index contributed by atoms with van der Waals surface area (Å²) in [5.74, 6) is 3.75. The van der Waals surface area contributed by atoms with Crippen LogP contribution in [0.2, 0.25) is 0 Å². The van der Waals surface area contributed by atoms with Crippen molar-refractivity contribution in [3.63, 3.8) is 0 Å². The minimum atomic E-state index is 0.235. The molecule has 1 aromatic rings. The summed E-state index contributed by atoms with van der Waals surface area (Å²) < 4.78 is 0. The van der Waals surface area contributed by atoms with Crippen LogP contribution in [0.3, 0.4) is 0 Å². The summed E-state index contributed by atoms with van der Waals surface area (Å²) in [5.41, 5.74) is 3.79. The van der Waals surface area contributed by atoms with Crippen LogP contribution in [0, 0.1) is 25.7 Å². The van der Waals surface area contributed by atoms with Gasteiger partial charge in [0.2, 0.25) is 0 Å². The zero-order valence-corrected chi connectivity index (χ0v) is 19.1. The van der Waals surface area contributed by atoms with E-state index in [1.165, 1.54) is 11.4 Å². The Morgan fingerprint density at radius 3 is 1.39 bits per heavy atom. The van der Waals surface area contributed by atoms with Gasteiger partial charge in [-0.15, -0.1) is 0 Å².